The number of aliphatic imine (C=N–C) groups is 1. The number of hydrogen-bond donors (Lipinski definition) is 0. The molecule has 2 heterocycles. The van der Waals surface area contributed by atoms with Gasteiger partial charge in [0.15, 0.2) is 5.78 Å². The Morgan fingerprint density at radius 2 is 1.55 bits per heavy atom. The van der Waals surface area contributed by atoms with Gasteiger partial charge in [-0.1, -0.05) is 42.5 Å². The van der Waals surface area contributed by atoms with E-state index >= 15 is 0 Å². The number of rotatable bonds is 1. The molecule has 0 radical (unpaired) electrons. The number of nitrogens with zero attached hydrogens (tertiary/aromatic N) is 3. The van der Waals surface area contributed by atoms with Crippen molar-refractivity contribution in [2.45, 2.75) is 12.1 Å². The second-order valence-corrected chi connectivity index (χ2v) is 7.68. The number of benzene rings is 2. The Bertz CT molecular complexity index is 1110. The van der Waals surface area contributed by atoms with Crippen LogP contribution in [0.1, 0.15) is 27.4 Å². The maximum Gasteiger partial charge on any atom is 0.327 e. The molecule has 0 N–H and O–H groups in total. The number of ketones is 1. The van der Waals surface area contributed by atoms with Gasteiger partial charge in [0, 0.05) is 31.1 Å². The fourth-order valence-corrected chi connectivity index (χ4v) is 4.87. The molecule has 1 saturated heterocycles. The third-order valence-electron chi connectivity index (χ3n) is 6.25. The molecule has 29 heavy (non-hydrogen) atoms. The van der Waals surface area contributed by atoms with E-state index < -0.39 is 41.7 Å². The predicted octanol–water partition coefficient (Wildman–Crippen LogP) is 2.69. The molecule has 7 heteroatoms. The van der Waals surface area contributed by atoms with E-state index in [1.807, 2.05) is 12.1 Å². The Balaban J connectivity index is 1.78. The highest BCUT2D eigenvalue weighted by atomic mass is 19.1. The van der Waals surface area contributed by atoms with Gasteiger partial charge in [-0.05, 0) is 11.6 Å². The van der Waals surface area contributed by atoms with Gasteiger partial charge >= 0.3 is 6.03 Å². The first-order valence-electron chi connectivity index (χ1n) is 9.42. The molecule has 0 aromatic heterocycles. The van der Waals surface area contributed by atoms with Crippen molar-refractivity contribution < 1.29 is 18.8 Å². The highest BCUT2D eigenvalue weighted by Gasteiger charge is 2.57. The maximum atomic E-state index is 14.9. The first-order valence-corrected chi connectivity index (χ1v) is 9.42. The van der Waals surface area contributed by atoms with Gasteiger partial charge in [-0.25, -0.2) is 9.18 Å². The Hall–Kier alpha value is -3.35. The SMILES string of the molecule is CN1C(=O)C2C(c3ccccc3F)C3C(=O)c4ccccc4C3=NC2N(C)C1=O. The molecule has 2 aromatic rings. The zero-order valence-electron chi connectivity index (χ0n) is 15.9. The summed E-state index contributed by atoms with van der Waals surface area (Å²) in [7, 11) is 2.98. The van der Waals surface area contributed by atoms with Crippen LogP contribution in [0.25, 0.3) is 0 Å². The summed E-state index contributed by atoms with van der Waals surface area (Å²) >= 11 is 0. The molecule has 1 aliphatic carbocycles. The van der Waals surface area contributed by atoms with Gasteiger partial charge in [-0.2, -0.15) is 0 Å². The fraction of sp³-hybridized carbons (Fsp3) is 0.273. The van der Waals surface area contributed by atoms with Gasteiger partial charge < -0.3 is 4.90 Å². The van der Waals surface area contributed by atoms with Gasteiger partial charge in [0.25, 0.3) is 0 Å². The molecule has 5 rings (SSSR count). The molecule has 3 amide bonds. The van der Waals surface area contributed by atoms with Crippen LogP contribution in [0.2, 0.25) is 0 Å². The topological polar surface area (TPSA) is 70.1 Å². The molecular weight excluding hydrogens is 373 g/mol. The van der Waals surface area contributed by atoms with Crippen LogP contribution in [0.5, 0.6) is 0 Å². The van der Waals surface area contributed by atoms with E-state index in [1.54, 1.807) is 37.4 Å². The van der Waals surface area contributed by atoms with Crippen LogP contribution in [-0.4, -0.2) is 53.5 Å². The van der Waals surface area contributed by atoms with E-state index in [0.717, 1.165) is 4.90 Å². The fourth-order valence-electron chi connectivity index (χ4n) is 4.87. The minimum atomic E-state index is -0.841. The molecule has 6 nitrogen and oxygen atoms in total. The summed E-state index contributed by atoms with van der Waals surface area (Å²) in [6.45, 7) is 0. The molecule has 1 fully saturated rings. The Kier molecular flexibility index (Phi) is 3.71. The van der Waals surface area contributed by atoms with Crippen LogP contribution >= 0.6 is 0 Å². The lowest BCUT2D eigenvalue weighted by atomic mass is 9.69. The number of hydrogen-bond acceptors (Lipinski definition) is 4. The minimum Gasteiger partial charge on any atom is -0.304 e. The normalized spacial score (nSPS) is 28.1. The quantitative estimate of drug-likeness (QED) is 0.751. The van der Waals surface area contributed by atoms with E-state index in [9.17, 15) is 18.8 Å². The number of carbonyl (C=O) groups is 3. The zero-order chi connectivity index (χ0) is 20.4. The molecule has 2 aromatic carbocycles. The highest BCUT2D eigenvalue weighted by Crippen LogP contribution is 2.49. The zero-order valence-corrected chi connectivity index (χ0v) is 15.9. The van der Waals surface area contributed by atoms with Crippen molar-refractivity contribution >= 4 is 23.4 Å². The Morgan fingerprint density at radius 3 is 2.28 bits per heavy atom. The van der Waals surface area contributed by atoms with Crippen molar-refractivity contribution in [3.8, 4) is 0 Å². The minimum absolute atomic E-state index is 0.166. The summed E-state index contributed by atoms with van der Waals surface area (Å²) in [5.74, 6) is -3.44. The lowest BCUT2D eigenvalue weighted by molar-refractivity contribution is -0.138. The van der Waals surface area contributed by atoms with Crippen molar-refractivity contribution in [3.05, 3.63) is 71.0 Å². The van der Waals surface area contributed by atoms with Gasteiger partial charge in [0.2, 0.25) is 5.91 Å². The number of Topliss-reactive ketones (excluding diaryl/α,β-unsaturated/α-hetero) is 1. The first-order chi connectivity index (χ1) is 13.9. The van der Waals surface area contributed by atoms with Crippen LogP contribution in [0.4, 0.5) is 9.18 Å². The van der Waals surface area contributed by atoms with Crippen molar-refractivity contribution in [2.75, 3.05) is 14.1 Å². The summed E-state index contributed by atoms with van der Waals surface area (Å²) in [6.07, 6.45) is -0.791. The van der Waals surface area contributed by atoms with Gasteiger partial charge in [-0.3, -0.25) is 19.5 Å². The number of urea groups is 1. The lowest BCUT2D eigenvalue weighted by Crippen LogP contribution is -2.62. The number of amides is 3. The summed E-state index contributed by atoms with van der Waals surface area (Å²) < 4.78 is 14.9. The number of halogens is 1. The molecule has 4 atom stereocenters. The van der Waals surface area contributed by atoms with Crippen LogP contribution in [0.3, 0.4) is 0 Å². The van der Waals surface area contributed by atoms with E-state index in [2.05, 4.69) is 0 Å². The van der Waals surface area contributed by atoms with Crippen LogP contribution in [0, 0.1) is 17.7 Å². The van der Waals surface area contributed by atoms with Crippen LogP contribution in [0.15, 0.2) is 53.5 Å². The van der Waals surface area contributed by atoms with E-state index in [1.165, 1.54) is 18.0 Å². The molecule has 4 unspecified atom stereocenters. The van der Waals surface area contributed by atoms with E-state index in [-0.39, 0.29) is 5.78 Å². The standard InChI is InChI=1S/C22H18FN3O3/c1-25-20-17(21(28)26(2)22(25)29)15(13-9-5-6-10-14(13)23)16-18(24-20)11-7-3-4-8-12(11)19(16)27/h3-10,15-17,20H,1-2H3. The molecule has 3 aliphatic rings. The third kappa shape index (κ3) is 2.27. The molecule has 0 spiro atoms. The van der Waals surface area contributed by atoms with Crippen molar-refractivity contribution in [3.63, 3.8) is 0 Å². The summed E-state index contributed by atoms with van der Waals surface area (Å²) in [4.78, 5) is 46.1. The average molecular weight is 391 g/mol. The van der Waals surface area contributed by atoms with Crippen LogP contribution in [-0.2, 0) is 4.79 Å². The first kappa shape index (κ1) is 17.7. The van der Waals surface area contributed by atoms with Gasteiger partial charge in [0.05, 0.1) is 17.5 Å². The molecule has 2 aliphatic heterocycles. The summed E-state index contributed by atoms with van der Waals surface area (Å²) in [5.41, 5.74) is 2.03. The molecular formula is C22H18FN3O3. The number of imide groups is 1. The summed E-state index contributed by atoms with van der Waals surface area (Å²) in [6, 6.07) is 12.9. The van der Waals surface area contributed by atoms with Crippen molar-refractivity contribution in [2.24, 2.45) is 16.8 Å². The Morgan fingerprint density at radius 1 is 0.897 bits per heavy atom. The molecule has 146 valence electrons. The van der Waals surface area contributed by atoms with Crippen molar-refractivity contribution in [1.82, 2.24) is 9.80 Å². The summed E-state index contributed by atoms with van der Waals surface area (Å²) in [5, 5.41) is 0. The molecule has 0 bridgehead atoms. The van der Waals surface area contributed by atoms with Crippen LogP contribution < -0.4 is 0 Å². The number of fused-ring (bicyclic) bond motifs is 4. The van der Waals surface area contributed by atoms with E-state index in [4.69, 9.17) is 4.99 Å². The second kappa shape index (κ2) is 6.07. The second-order valence-electron chi connectivity index (χ2n) is 7.68. The van der Waals surface area contributed by atoms with Crippen molar-refractivity contribution in [1.29, 1.82) is 0 Å². The molecule has 0 saturated carbocycles. The maximum absolute atomic E-state index is 14.9. The average Bonchev–Trinajstić information content (AvgIpc) is 3.02. The Labute approximate surface area is 166 Å². The van der Waals surface area contributed by atoms with E-state index in [0.29, 0.717) is 22.4 Å². The highest BCUT2D eigenvalue weighted by molar-refractivity contribution is 6.29. The van der Waals surface area contributed by atoms with Gasteiger partial charge in [0.1, 0.15) is 12.0 Å². The predicted molar refractivity (Wildman–Crippen MR) is 103 cm³/mol. The smallest absolute Gasteiger partial charge is 0.304 e. The number of carbonyl (C=O) groups excluding carboxylic acids is 3. The van der Waals surface area contributed by atoms with Gasteiger partial charge in [-0.15, -0.1) is 0 Å². The lowest BCUT2D eigenvalue weighted by Gasteiger charge is -2.47. The largest absolute Gasteiger partial charge is 0.327 e. The monoisotopic (exact) mass is 391 g/mol. The third-order valence-corrected chi connectivity index (χ3v) is 6.25.